The lowest BCUT2D eigenvalue weighted by Crippen LogP contribution is -2.41. The van der Waals surface area contributed by atoms with E-state index in [1.807, 2.05) is 27.7 Å². The normalized spacial score (nSPS) is 21.7. The van der Waals surface area contributed by atoms with Crippen molar-refractivity contribution in [1.29, 1.82) is 0 Å². The highest BCUT2D eigenvalue weighted by atomic mass is 19.4. The second-order valence-corrected chi connectivity index (χ2v) is 11.3. The zero-order valence-electron chi connectivity index (χ0n) is 21.2. The fourth-order valence-electron chi connectivity index (χ4n) is 5.21. The summed E-state index contributed by atoms with van der Waals surface area (Å²) in [7, 11) is -0.719. The van der Waals surface area contributed by atoms with Gasteiger partial charge in [-0.2, -0.15) is 18.3 Å². The van der Waals surface area contributed by atoms with Gasteiger partial charge in [-0.05, 0) is 58.4 Å². The summed E-state index contributed by atoms with van der Waals surface area (Å²) in [6.07, 6.45) is -0.00979. The third-order valence-corrected chi connectivity index (χ3v) is 8.06. The van der Waals surface area contributed by atoms with E-state index in [9.17, 15) is 22.0 Å². The van der Waals surface area contributed by atoms with Crippen molar-refractivity contribution in [1.82, 2.24) is 20.2 Å². The van der Waals surface area contributed by atoms with Crippen LogP contribution in [0.3, 0.4) is 0 Å². The zero-order valence-corrected chi connectivity index (χ0v) is 21.2. The minimum absolute atomic E-state index is 0.0212. The van der Waals surface area contributed by atoms with Crippen LogP contribution in [0, 0.1) is 5.92 Å². The molecule has 1 saturated heterocycles. The van der Waals surface area contributed by atoms with Crippen LogP contribution in [0.5, 0.6) is 0 Å². The van der Waals surface area contributed by atoms with Gasteiger partial charge in [-0.15, -0.1) is 0 Å². The Bertz CT molecular complexity index is 1270. The lowest BCUT2D eigenvalue weighted by molar-refractivity contribution is -0.127. The van der Waals surface area contributed by atoms with Crippen molar-refractivity contribution in [2.45, 2.75) is 89.5 Å². The van der Waals surface area contributed by atoms with E-state index in [1.165, 1.54) is 6.20 Å². The summed E-state index contributed by atoms with van der Waals surface area (Å²) in [5.41, 5.74) is 2.19. The van der Waals surface area contributed by atoms with E-state index in [-0.39, 0.29) is 24.5 Å². The molecule has 12 heteroatoms. The number of pyridine rings is 1. The Balaban J connectivity index is 1.57. The molecule has 0 spiro atoms. The Kier molecular flexibility index (Phi) is 6.22. The molecule has 3 aromatic rings. The molecule has 1 aliphatic heterocycles. The molecule has 0 radical (unpaired) electrons. The number of alkyl halides is 5. The maximum absolute atomic E-state index is 13.8. The molecule has 200 valence electrons. The second kappa shape index (κ2) is 8.79. The summed E-state index contributed by atoms with van der Waals surface area (Å²) >= 11 is 0. The highest BCUT2D eigenvalue weighted by Crippen LogP contribution is 2.41. The van der Waals surface area contributed by atoms with Gasteiger partial charge in [-0.1, -0.05) is 0 Å². The number of hydrogen-bond donors (Lipinski definition) is 2. The quantitative estimate of drug-likeness (QED) is 0.331. The molecular weight excluding hydrogens is 494 g/mol. The number of hydrogen-bond acceptors (Lipinski definition) is 4. The van der Waals surface area contributed by atoms with Crippen LogP contribution in [-0.2, 0) is 22.2 Å². The van der Waals surface area contributed by atoms with Crippen LogP contribution in [0.25, 0.3) is 22.2 Å². The summed E-state index contributed by atoms with van der Waals surface area (Å²) in [4.78, 5) is 7.82. The summed E-state index contributed by atoms with van der Waals surface area (Å²) in [6.45, 7) is 7.76. The first kappa shape index (κ1) is 26.2. The van der Waals surface area contributed by atoms with Gasteiger partial charge in [0.1, 0.15) is 0 Å². The van der Waals surface area contributed by atoms with Crippen LogP contribution in [-0.4, -0.2) is 50.6 Å². The highest BCUT2D eigenvalue weighted by Gasteiger charge is 2.52. The van der Waals surface area contributed by atoms with Gasteiger partial charge < -0.3 is 14.3 Å². The van der Waals surface area contributed by atoms with Gasteiger partial charge in [0.25, 0.3) is 0 Å². The molecule has 6 nitrogen and oxygen atoms in total. The SMILES string of the molecule is CC1(C)OB(c2cnc3c(-c4cn[nH]c4CC(F)(F)F)c[nH]c3c2CC2CCC(F)(F)CC2)OC1(C)C. The van der Waals surface area contributed by atoms with Gasteiger partial charge in [0.15, 0.2) is 0 Å². The van der Waals surface area contributed by atoms with Gasteiger partial charge in [0, 0.05) is 41.8 Å². The van der Waals surface area contributed by atoms with E-state index in [2.05, 4.69) is 20.2 Å². The number of aromatic amines is 2. The largest absolute Gasteiger partial charge is 0.496 e. The molecule has 0 amide bonds. The fourth-order valence-corrected chi connectivity index (χ4v) is 5.21. The van der Waals surface area contributed by atoms with Crippen LogP contribution < -0.4 is 5.46 Å². The molecule has 0 bridgehead atoms. The number of halogens is 5. The third kappa shape index (κ3) is 5.02. The van der Waals surface area contributed by atoms with E-state index in [1.54, 1.807) is 12.4 Å². The van der Waals surface area contributed by atoms with Crippen molar-refractivity contribution in [2.75, 3.05) is 0 Å². The Morgan fingerprint density at radius 2 is 1.68 bits per heavy atom. The molecule has 0 unspecified atom stereocenters. The Morgan fingerprint density at radius 1 is 1.03 bits per heavy atom. The lowest BCUT2D eigenvalue weighted by atomic mass is 9.73. The fraction of sp³-hybridized carbons (Fsp3) is 0.600. The van der Waals surface area contributed by atoms with E-state index < -0.39 is 36.8 Å². The molecule has 1 saturated carbocycles. The Hall–Kier alpha value is -2.47. The average molecular weight is 524 g/mol. The molecule has 5 rings (SSSR count). The molecule has 1 aliphatic carbocycles. The Morgan fingerprint density at radius 3 is 2.30 bits per heavy atom. The predicted molar refractivity (Wildman–Crippen MR) is 130 cm³/mol. The standard InChI is InChI=1S/C25H30BF5N4O2/c1-22(2)23(3,4)37-26(36-22)18-13-33-21-17(16-12-34-35-19(16)10-25(29,30)31)11-32-20(21)15(18)9-14-5-7-24(27,28)8-6-14/h11-14,32H,5-10H2,1-4H3,(H,34,35). The number of aromatic nitrogens is 4. The van der Waals surface area contributed by atoms with Gasteiger partial charge in [-0.3, -0.25) is 10.1 Å². The van der Waals surface area contributed by atoms with Crippen molar-refractivity contribution in [3.8, 4) is 11.1 Å². The zero-order chi connectivity index (χ0) is 26.8. The smallest absolute Gasteiger partial charge is 0.399 e. The first-order valence-electron chi connectivity index (χ1n) is 12.5. The summed E-state index contributed by atoms with van der Waals surface area (Å²) in [5.74, 6) is -2.62. The summed E-state index contributed by atoms with van der Waals surface area (Å²) in [5, 5.41) is 6.29. The minimum atomic E-state index is -4.40. The van der Waals surface area contributed by atoms with Gasteiger partial charge in [-0.25, -0.2) is 8.78 Å². The van der Waals surface area contributed by atoms with Gasteiger partial charge in [0.05, 0.1) is 40.5 Å². The second-order valence-electron chi connectivity index (χ2n) is 11.3. The lowest BCUT2D eigenvalue weighted by Gasteiger charge is -2.32. The molecule has 0 atom stereocenters. The molecule has 4 heterocycles. The van der Waals surface area contributed by atoms with E-state index in [0.29, 0.717) is 46.9 Å². The maximum Gasteiger partial charge on any atom is 0.496 e. The summed E-state index contributed by atoms with van der Waals surface area (Å²) < 4.78 is 79.6. The van der Waals surface area contributed by atoms with Crippen molar-refractivity contribution >= 4 is 23.6 Å². The van der Waals surface area contributed by atoms with Crippen LogP contribution in [0.4, 0.5) is 22.0 Å². The average Bonchev–Trinajstić information content (AvgIpc) is 3.44. The molecule has 0 aromatic carbocycles. The van der Waals surface area contributed by atoms with E-state index >= 15 is 0 Å². The van der Waals surface area contributed by atoms with Crippen LogP contribution >= 0.6 is 0 Å². The van der Waals surface area contributed by atoms with Crippen LogP contribution in [0.2, 0.25) is 0 Å². The van der Waals surface area contributed by atoms with E-state index in [0.717, 1.165) is 5.56 Å². The first-order chi connectivity index (χ1) is 17.2. The predicted octanol–water partition coefficient (Wildman–Crippen LogP) is 5.73. The van der Waals surface area contributed by atoms with E-state index in [4.69, 9.17) is 9.31 Å². The number of rotatable bonds is 5. The molecule has 3 aromatic heterocycles. The summed E-state index contributed by atoms with van der Waals surface area (Å²) in [6, 6.07) is 0. The molecule has 37 heavy (non-hydrogen) atoms. The Labute approximate surface area is 211 Å². The minimum Gasteiger partial charge on any atom is -0.399 e. The monoisotopic (exact) mass is 524 g/mol. The van der Waals surface area contributed by atoms with Crippen LogP contribution in [0.15, 0.2) is 18.6 Å². The number of nitrogens with one attached hydrogen (secondary N) is 2. The number of H-pyrrole nitrogens is 2. The molecule has 2 fully saturated rings. The highest BCUT2D eigenvalue weighted by molar-refractivity contribution is 6.63. The van der Waals surface area contributed by atoms with Gasteiger partial charge in [0.2, 0.25) is 5.92 Å². The molecule has 2 N–H and O–H groups in total. The van der Waals surface area contributed by atoms with Crippen molar-refractivity contribution in [3.63, 3.8) is 0 Å². The third-order valence-electron chi connectivity index (χ3n) is 8.06. The molecular formula is C25H30BF5N4O2. The maximum atomic E-state index is 13.8. The first-order valence-corrected chi connectivity index (χ1v) is 12.5. The van der Waals surface area contributed by atoms with Gasteiger partial charge >= 0.3 is 13.3 Å². The van der Waals surface area contributed by atoms with Crippen molar-refractivity contribution in [2.24, 2.45) is 5.92 Å². The number of fused-ring (bicyclic) bond motifs is 1. The van der Waals surface area contributed by atoms with Crippen molar-refractivity contribution < 1.29 is 31.3 Å². The van der Waals surface area contributed by atoms with Crippen molar-refractivity contribution in [3.05, 3.63) is 29.8 Å². The van der Waals surface area contributed by atoms with Crippen LogP contribution in [0.1, 0.15) is 64.6 Å². The topological polar surface area (TPSA) is 75.8 Å². The number of nitrogens with zero attached hydrogens (tertiary/aromatic N) is 2. The molecule has 2 aliphatic rings.